The van der Waals surface area contributed by atoms with E-state index >= 15 is 0 Å². The van der Waals surface area contributed by atoms with Gasteiger partial charge < -0.3 is 4.74 Å². The van der Waals surface area contributed by atoms with Crippen LogP contribution in [0.2, 0.25) is 0 Å². The molecule has 0 saturated carbocycles. The summed E-state index contributed by atoms with van der Waals surface area (Å²) in [6.45, 7) is 0.511. The van der Waals surface area contributed by atoms with Gasteiger partial charge in [0, 0.05) is 10.8 Å². The third-order valence-corrected chi connectivity index (χ3v) is 3.95. The second kappa shape index (κ2) is 8.05. The molecule has 2 aromatic heterocycles. The van der Waals surface area contributed by atoms with E-state index in [-0.39, 0.29) is 0 Å². The molecule has 0 unspecified atom stereocenters. The van der Waals surface area contributed by atoms with E-state index in [0.717, 1.165) is 16.3 Å². The summed E-state index contributed by atoms with van der Waals surface area (Å²) in [6.07, 6.45) is 5.03. The third-order valence-electron chi connectivity index (χ3n) is 3.95. The van der Waals surface area contributed by atoms with E-state index in [2.05, 4.69) is 25.7 Å². The Hall–Kier alpha value is -3.80. The summed E-state index contributed by atoms with van der Waals surface area (Å²) in [5.41, 5.74) is 4.75. The van der Waals surface area contributed by atoms with E-state index in [4.69, 9.17) is 4.74 Å². The van der Waals surface area contributed by atoms with Crippen LogP contribution in [0, 0.1) is 0 Å². The van der Waals surface area contributed by atoms with Crippen LogP contribution >= 0.6 is 0 Å². The van der Waals surface area contributed by atoms with Gasteiger partial charge >= 0.3 is 0 Å². The zero-order chi connectivity index (χ0) is 18.3. The van der Waals surface area contributed by atoms with Gasteiger partial charge in [0.15, 0.2) is 5.82 Å². The molecule has 27 heavy (non-hydrogen) atoms. The van der Waals surface area contributed by atoms with Crippen molar-refractivity contribution in [2.75, 3.05) is 5.43 Å². The zero-order valence-corrected chi connectivity index (χ0v) is 14.5. The number of fused-ring (bicyclic) bond motifs is 1. The van der Waals surface area contributed by atoms with Crippen LogP contribution in [0.3, 0.4) is 0 Å². The molecular weight excluding hydrogens is 338 g/mol. The van der Waals surface area contributed by atoms with E-state index in [1.165, 1.54) is 0 Å². The van der Waals surface area contributed by atoms with Crippen molar-refractivity contribution in [2.45, 2.75) is 6.61 Å². The van der Waals surface area contributed by atoms with Gasteiger partial charge in [0.2, 0.25) is 0 Å². The van der Waals surface area contributed by atoms with Crippen LogP contribution in [0.5, 0.6) is 5.75 Å². The highest BCUT2D eigenvalue weighted by molar-refractivity contribution is 5.91. The highest BCUT2D eigenvalue weighted by Gasteiger charge is 2.01. The minimum Gasteiger partial charge on any atom is -0.487 e. The summed E-state index contributed by atoms with van der Waals surface area (Å²) in [5, 5.41) is 14.2. The molecule has 4 rings (SSSR count). The Morgan fingerprint density at radius 2 is 1.78 bits per heavy atom. The van der Waals surface area contributed by atoms with E-state index in [9.17, 15) is 0 Å². The van der Waals surface area contributed by atoms with Gasteiger partial charge in [-0.3, -0.25) is 10.4 Å². The lowest BCUT2D eigenvalue weighted by molar-refractivity contribution is 0.305. The third kappa shape index (κ3) is 4.24. The summed E-state index contributed by atoms with van der Waals surface area (Å²) < 4.78 is 5.73. The van der Waals surface area contributed by atoms with Crippen molar-refractivity contribution in [3.63, 3.8) is 0 Å². The number of hydrazone groups is 1. The topological polar surface area (TPSA) is 72.3 Å². The molecule has 6 nitrogen and oxygen atoms in total. The van der Waals surface area contributed by atoms with Crippen molar-refractivity contribution in [3.8, 4) is 5.75 Å². The Morgan fingerprint density at radius 1 is 0.926 bits per heavy atom. The Balaban J connectivity index is 1.38. The fourth-order valence-electron chi connectivity index (χ4n) is 2.56. The lowest BCUT2D eigenvalue weighted by Crippen LogP contribution is -1.98. The number of rotatable bonds is 6. The molecule has 0 bridgehead atoms. The first-order chi connectivity index (χ1) is 13.4. The van der Waals surface area contributed by atoms with Crippen LogP contribution in [0.4, 0.5) is 5.82 Å². The summed E-state index contributed by atoms with van der Waals surface area (Å²) in [6, 6.07) is 21.6. The summed E-state index contributed by atoms with van der Waals surface area (Å²) >= 11 is 0. The summed E-state index contributed by atoms with van der Waals surface area (Å²) in [7, 11) is 0. The highest BCUT2D eigenvalue weighted by Crippen LogP contribution is 2.19. The normalized spacial score (nSPS) is 11.0. The number of nitrogens with one attached hydrogen (secondary N) is 1. The molecule has 0 atom stereocenters. The average molecular weight is 355 g/mol. The van der Waals surface area contributed by atoms with Crippen LogP contribution < -0.4 is 10.2 Å². The summed E-state index contributed by atoms with van der Waals surface area (Å²) in [4.78, 5) is 4.33. The van der Waals surface area contributed by atoms with E-state index in [1.54, 1.807) is 18.6 Å². The van der Waals surface area contributed by atoms with Gasteiger partial charge in [0.25, 0.3) is 0 Å². The van der Waals surface area contributed by atoms with Gasteiger partial charge in [-0.1, -0.05) is 54.6 Å². The molecule has 4 aromatic rings. The summed E-state index contributed by atoms with van der Waals surface area (Å²) in [5.74, 6) is 1.32. The molecule has 0 radical (unpaired) electrons. The minimum absolute atomic E-state index is 0.511. The first-order valence-electron chi connectivity index (χ1n) is 8.51. The molecule has 0 aliphatic heterocycles. The van der Waals surface area contributed by atoms with Crippen LogP contribution in [0.1, 0.15) is 11.3 Å². The molecule has 0 amide bonds. The number of pyridine rings is 1. The van der Waals surface area contributed by atoms with Crippen molar-refractivity contribution in [1.29, 1.82) is 0 Å². The molecule has 2 aromatic carbocycles. The van der Waals surface area contributed by atoms with Gasteiger partial charge in [-0.25, -0.2) is 0 Å². The number of benzene rings is 2. The molecule has 0 saturated heterocycles. The molecule has 0 aliphatic carbocycles. The average Bonchev–Trinajstić information content (AvgIpc) is 2.74. The van der Waals surface area contributed by atoms with Crippen molar-refractivity contribution < 1.29 is 4.74 Å². The molecule has 2 heterocycles. The van der Waals surface area contributed by atoms with Gasteiger partial charge in [-0.05, 0) is 17.7 Å². The molecular formula is C21H17N5O. The number of ether oxygens (including phenoxy) is 1. The number of nitrogens with zero attached hydrogens (tertiary/aromatic N) is 4. The monoisotopic (exact) mass is 355 g/mol. The zero-order valence-electron chi connectivity index (χ0n) is 14.5. The van der Waals surface area contributed by atoms with Crippen LogP contribution in [-0.4, -0.2) is 21.4 Å². The van der Waals surface area contributed by atoms with E-state index < -0.39 is 0 Å². The highest BCUT2D eigenvalue weighted by atomic mass is 16.5. The van der Waals surface area contributed by atoms with Crippen molar-refractivity contribution in [3.05, 3.63) is 90.4 Å². The molecule has 0 fully saturated rings. The number of anilines is 1. The lowest BCUT2D eigenvalue weighted by atomic mass is 10.2. The first-order valence-corrected chi connectivity index (χ1v) is 8.51. The molecule has 1 N–H and O–H groups in total. The Labute approximate surface area is 156 Å². The van der Waals surface area contributed by atoms with Gasteiger partial charge in [0.05, 0.1) is 24.3 Å². The van der Waals surface area contributed by atoms with Crippen molar-refractivity contribution >= 4 is 22.8 Å². The van der Waals surface area contributed by atoms with Crippen LogP contribution in [-0.2, 0) is 6.61 Å². The number of aromatic nitrogens is 3. The second-order valence-corrected chi connectivity index (χ2v) is 5.84. The smallest absolute Gasteiger partial charge is 0.176 e. The Bertz CT molecular complexity index is 1040. The van der Waals surface area contributed by atoms with Crippen LogP contribution in [0.15, 0.2) is 84.2 Å². The maximum Gasteiger partial charge on any atom is 0.176 e. The minimum atomic E-state index is 0.511. The maximum atomic E-state index is 5.73. The predicted molar refractivity (Wildman–Crippen MR) is 106 cm³/mol. The lowest BCUT2D eigenvalue weighted by Gasteiger charge is -2.06. The van der Waals surface area contributed by atoms with Crippen LogP contribution in [0.25, 0.3) is 10.8 Å². The van der Waals surface area contributed by atoms with Gasteiger partial charge in [-0.15, -0.1) is 5.10 Å². The molecule has 132 valence electrons. The van der Waals surface area contributed by atoms with Crippen molar-refractivity contribution in [2.24, 2.45) is 5.10 Å². The fourth-order valence-corrected chi connectivity index (χ4v) is 2.56. The SMILES string of the molecule is C(=N\Nc1nncc2ccccc12)/c1ccc(OCc2ccccc2)cn1. The Kier molecular flexibility index (Phi) is 4.97. The number of hydrogen-bond acceptors (Lipinski definition) is 6. The molecule has 0 aliphatic rings. The fraction of sp³-hybridized carbons (Fsp3) is 0.0476. The first kappa shape index (κ1) is 16.7. The standard InChI is InChI=1S/C21H17N5O/c1-2-6-16(7-3-1)15-27-19-11-10-18(22-14-19)13-24-26-21-20-9-5-4-8-17(20)12-23-25-21/h1-14H,15H2,(H,25,26)/b24-13+. The van der Waals surface area contributed by atoms with E-state index in [1.807, 2.05) is 66.7 Å². The van der Waals surface area contributed by atoms with Crippen molar-refractivity contribution in [1.82, 2.24) is 15.2 Å². The van der Waals surface area contributed by atoms with E-state index in [0.29, 0.717) is 23.9 Å². The second-order valence-electron chi connectivity index (χ2n) is 5.84. The number of hydrogen-bond donors (Lipinski definition) is 1. The maximum absolute atomic E-state index is 5.73. The quantitative estimate of drug-likeness (QED) is 0.417. The van der Waals surface area contributed by atoms with Gasteiger partial charge in [-0.2, -0.15) is 10.2 Å². The molecule has 6 heteroatoms. The van der Waals surface area contributed by atoms with Gasteiger partial charge in [0.1, 0.15) is 12.4 Å². The molecule has 0 spiro atoms. The predicted octanol–water partition coefficient (Wildman–Crippen LogP) is 4.05. The largest absolute Gasteiger partial charge is 0.487 e. The Morgan fingerprint density at radius 3 is 2.63 bits per heavy atom.